The van der Waals surface area contributed by atoms with Gasteiger partial charge in [-0.3, -0.25) is 4.98 Å². The van der Waals surface area contributed by atoms with E-state index in [1.165, 1.54) is 0 Å². The monoisotopic (exact) mass is 198 g/mol. The quantitative estimate of drug-likeness (QED) is 0.810. The van der Waals surface area contributed by atoms with E-state index < -0.39 is 0 Å². The zero-order valence-electron chi connectivity index (χ0n) is 8.00. The lowest BCUT2D eigenvalue weighted by molar-refractivity contribution is 0.486. The normalized spacial score (nSPS) is 13.3. The number of aromatic nitrogens is 1. The van der Waals surface area contributed by atoms with Crippen LogP contribution >= 0.6 is 11.6 Å². The minimum Gasteiger partial charge on any atom is -0.327 e. The van der Waals surface area contributed by atoms with Crippen LogP contribution in [0, 0.1) is 5.92 Å². The van der Waals surface area contributed by atoms with Gasteiger partial charge in [-0.25, -0.2) is 0 Å². The van der Waals surface area contributed by atoms with Gasteiger partial charge in [0.1, 0.15) is 0 Å². The van der Waals surface area contributed by atoms with E-state index in [0.29, 0.717) is 10.9 Å². The number of hydrogen-bond donors (Lipinski definition) is 1. The lowest BCUT2D eigenvalue weighted by Gasteiger charge is -2.14. The maximum absolute atomic E-state index is 5.91. The third kappa shape index (κ3) is 3.33. The molecule has 0 bridgehead atoms. The average Bonchev–Trinajstić information content (AvgIpc) is 2.08. The first-order valence-electron chi connectivity index (χ1n) is 4.45. The summed E-state index contributed by atoms with van der Waals surface area (Å²) in [5, 5.41) is 0.668. The number of halogens is 1. The Bertz CT molecular complexity index is 256. The zero-order valence-corrected chi connectivity index (χ0v) is 8.75. The zero-order chi connectivity index (χ0) is 9.84. The van der Waals surface area contributed by atoms with Crippen LogP contribution in [0.1, 0.15) is 19.5 Å². The fourth-order valence-corrected chi connectivity index (χ4v) is 1.12. The van der Waals surface area contributed by atoms with Crippen molar-refractivity contribution < 1.29 is 0 Å². The molecule has 0 aliphatic rings. The van der Waals surface area contributed by atoms with Gasteiger partial charge in [-0.15, -0.1) is 0 Å². The van der Waals surface area contributed by atoms with E-state index >= 15 is 0 Å². The second-order valence-electron chi connectivity index (χ2n) is 3.58. The molecule has 0 radical (unpaired) electrons. The molecule has 0 aliphatic carbocycles. The number of rotatable bonds is 3. The summed E-state index contributed by atoms with van der Waals surface area (Å²) in [4.78, 5) is 4.19. The van der Waals surface area contributed by atoms with Crippen molar-refractivity contribution in [3.05, 3.63) is 29.0 Å². The van der Waals surface area contributed by atoms with Gasteiger partial charge in [0, 0.05) is 24.4 Å². The fraction of sp³-hybridized carbons (Fsp3) is 0.500. The lowest BCUT2D eigenvalue weighted by Crippen LogP contribution is -2.29. The molecule has 13 heavy (non-hydrogen) atoms. The fourth-order valence-electron chi connectivity index (χ4n) is 1.00. The van der Waals surface area contributed by atoms with Gasteiger partial charge in [-0.2, -0.15) is 0 Å². The first-order valence-corrected chi connectivity index (χ1v) is 4.83. The highest BCUT2D eigenvalue weighted by Gasteiger charge is 2.08. The summed E-state index contributed by atoms with van der Waals surface area (Å²) in [7, 11) is 0. The number of pyridine rings is 1. The Balaban J connectivity index is 2.59. The molecule has 1 aromatic heterocycles. The van der Waals surface area contributed by atoms with Crippen LogP contribution in [0.5, 0.6) is 0 Å². The van der Waals surface area contributed by atoms with E-state index in [2.05, 4.69) is 18.8 Å². The van der Waals surface area contributed by atoms with Gasteiger partial charge in [0.2, 0.25) is 0 Å². The summed E-state index contributed by atoms with van der Waals surface area (Å²) in [6.45, 7) is 4.22. The molecule has 2 N–H and O–H groups in total. The van der Waals surface area contributed by atoms with Crippen LogP contribution in [0.15, 0.2) is 18.3 Å². The van der Waals surface area contributed by atoms with E-state index in [9.17, 15) is 0 Å². The minimum absolute atomic E-state index is 0.175. The van der Waals surface area contributed by atoms with E-state index in [4.69, 9.17) is 17.3 Å². The molecule has 1 aromatic rings. The second kappa shape index (κ2) is 4.58. The summed E-state index contributed by atoms with van der Waals surface area (Å²) in [6.07, 6.45) is 2.47. The minimum atomic E-state index is 0.175. The van der Waals surface area contributed by atoms with Crippen molar-refractivity contribution >= 4 is 11.6 Å². The Morgan fingerprint density at radius 2 is 2.15 bits per heavy atom. The molecule has 72 valence electrons. The van der Waals surface area contributed by atoms with Gasteiger partial charge in [0.25, 0.3) is 0 Å². The van der Waals surface area contributed by atoms with Crippen LogP contribution in [0.4, 0.5) is 0 Å². The number of nitrogens with two attached hydrogens (primary N) is 1. The van der Waals surface area contributed by atoms with Crippen molar-refractivity contribution in [1.29, 1.82) is 0 Å². The van der Waals surface area contributed by atoms with Crippen molar-refractivity contribution in [3.63, 3.8) is 0 Å². The molecule has 1 heterocycles. The van der Waals surface area contributed by atoms with Gasteiger partial charge in [-0.05, 0) is 18.1 Å². The lowest BCUT2D eigenvalue weighted by atomic mass is 10.0. The van der Waals surface area contributed by atoms with Gasteiger partial charge >= 0.3 is 0 Å². The summed E-state index contributed by atoms with van der Waals surface area (Å²) in [5.41, 5.74) is 6.92. The Morgan fingerprint density at radius 3 is 2.62 bits per heavy atom. The molecule has 0 saturated carbocycles. The standard InChI is InChI=1S/C10H15ClN2/c1-7(2)10(12)5-9-4-3-8(11)6-13-9/h3-4,6-7,10H,5,12H2,1-2H3. The van der Waals surface area contributed by atoms with Crippen LogP contribution < -0.4 is 5.73 Å². The van der Waals surface area contributed by atoms with Crippen LogP contribution in [-0.2, 0) is 6.42 Å². The van der Waals surface area contributed by atoms with Crippen molar-refractivity contribution in [1.82, 2.24) is 4.98 Å². The van der Waals surface area contributed by atoms with E-state index in [1.54, 1.807) is 6.20 Å². The van der Waals surface area contributed by atoms with Crippen molar-refractivity contribution in [2.24, 2.45) is 11.7 Å². The van der Waals surface area contributed by atoms with E-state index in [-0.39, 0.29) is 6.04 Å². The highest BCUT2D eigenvalue weighted by Crippen LogP contribution is 2.09. The van der Waals surface area contributed by atoms with E-state index in [0.717, 1.165) is 12.1 Å². The molecule has 1 unspecified atom stereocenters. The second-order valence-corrected chi connectivity index (χ2v) is 4.02. The Labute approximate surface area is 84.1 Å². The predicted molar refractivity (Wildman–Crippen MR) is 55.8 cm³/mol. The highest BCUT2D eigenvalue weighted by molar-refractivity contribution is 6.30. The molecule has 0 saturated heterocycles. The van der Waals surface area contributed by atoms with Crippen molar-refractivity contribution in [2.45, 2.75) is 26.3 Å². The molecule has 3 heteroatoms. The van der Waals surface area contributed by atoms with E-state index in [1.807, 2.05) is 12.1 Å². The summed E-state index contributed by atoms with van der Waals surface area (Å²) in [5.74, 6) is 0.484. The molecule has 1 atom stereocenters. The maximum Gasteiger partial charge on any atom is 0.0589 e. The molecule has 0 fully saturated rings. The van der Waals surface area contributed by atoms with Crippen LogP contribution in [0.2, 0.25) is 5.02 Å². The SMILES string of the molecule is CC(C)C(N)Cc1ccc(Cl)cn1. The Morgan fingerprint density at radius 1 is 1.46 bits per heavy atom. The summed E-state index contributed by atoms with van der Waals surface area (Å²) in [6, 6.07) is 3.94. The molecule has 0 spiro atoms. The first kappa shape index (κ1) is 10.5. The van der Waals surface area contributed by atoms with Crippen molar-refractivity contribution in [2.75, 3.05) is 0 Å². The molecule has 0 aromatic carbocycles. The van der Waals surface area contributed by atoms with Crippen LogP contribution in [0.25, 0.3) is 0 Å². The molecular formula is C10H15ClN2. The van der Waals surface area contributed by atoms with Crippen molar-refractivity contribution in [3.8, 4) is 0 Å². The first-order chi connectivity index (χ1) is 6.09. The molecule has 1 rings (SSSR count). The third-order valence-electron chi connectivity index (χ3n) is 2.09. The summed E-state index contributed by atoms with van der Waals surface area (Å²) >= 11 is 5.72. The van der Waals surface area contributed by atoms with Gasteiger partial charge in [0.05, 0.1) is 5.02 Å². The smallest absolute Gasteiger partial charge is 0.0589 e. The molecular weight excluding hydrogens is 184 g/mol. The number of hydrogen-bond acceptors (Lipinski definition) is 2. The largest absolute Gasteiger partial charge is 0.327 e. The molecule has 0 amide bonds. The van der Waals surface area contributed by atoms with Gasteiger partial charge in [0.15, 0.2) is 0 Å². The third-order valence-corrected chi connectivity index (χ3v) is 2.31. The number of nitrogens with zero attached hydrogens (tertiary/aromatic N) is 1. The Kier molecular flexibility index (Phi) is 3.70. The van der Waals surface area contributed by atoms with Gasteiger partial charge in [-0.1, -0.05) is 25.4 Å². The maximum atomic E-state index is 5.91. The molecule has 0 aliphatic heterocycles. The van der Waals surface area contributed by atoms with Gasteiger partial charge < -0.3 is 5.73 Å². The van der Waals surface area contributed by atoms with Crippen LogP contribution in [0.3, 0.4) is 0 Å². The molecule has 2 nitrogen and oxygen atoms in total. The topological polar surface area (TPSA) is 38.9 Å². The highest BCUT2D eigenvalue weighted by atomic mass is 35.5. The van der Waals surface area contributed by atoms with Crippen LogP contribution in [-0.4, -0.2) is 11.0 Å². The average molecular weight is 199 g/mol. The Hall–Kier alpha value is -0.600. The predicted octanol–water partition coefficient (Wildman–Crippen LogP) is 2.26. The summed E-state index contributed by atoms with van der Waals surface area (Å²) < 4.78 is 0.